The van der Waals surface area contributed by atoms with E-state index >= 15 is 0 Å². The molecule has 0 heterocycles. The molecule has 0 saturated heterocycles. The summed E-state index contributed by atoms with van der Waals surface area (Å²) in [7, 11) is -4.73. The van der Waals surface area contributed by atoms with Crippen molar-refractivity contribution in [2.45, 2.75) is 66.5 Å². The third-order valence-electron chi connectivity index (χ3n) is 3.47. The van der Waals surface area contributed by atoms with Crippen LogP contribution in [0.2, 0.25) is 12.1 Å². The number of thiol groups is 2. The first-order valence-electron chi connectivity index (χ1n) is 10.5. The van der Waals surface area contributed by atoms with Crippen LogP contribution in [0.5, 0.6) is 0 Å². The van der Waals surface area contributed by atoms with Crippen molar-refractivity contribution >= 4 is 137 Å². The maximum atomic E-state index is 5.67. The van der Waals surface area contributed by atoms with Gasteiger partial charge in [-0.25, -0.2) is 0 Å². The van der Waals surface area contributed by atoms with E-state index in [1.807, 2.05) is 41.5 Å². The van der Waals surface area contributed by atoms with Crippen LogP contribution >= 0.6 is 25.3 Å². The van der Waals surface area contributed by atoms with E-state index in [1.165, 1.54) is 0 Å². The smallest absolute Gasteiger partial charge is 0.500 e. The molecule has 242 valence electrons. The van der Waals surface area contributed by atoms with Gasteiger partial charge in [-0.05, 0) is 65.9 Å². The zero-order chi connectivity index (χ0) is 21.7. The SMILES string of the molecule is CCO[Si](CCCS)(OCC)OCC.CCO[Si](CCCS)(OCC)OCC.[Re].[Re].[S-2].[S-2].[S-2].[S-2].[S-2].[S-2].[S-2]. The van der Waals surface area contributed by atoms with Gasteiger partial charge in [0.05, 0.1) is 0 Å². The van der Waals surface area contributed by atoms with Crippen LogP contribution < -0.4 is 0 Å². The van der Waals surface area contributed by atoms with Gasteiger partial charge in [0.15, 0.2) is 0 Å². The van der Waals surface area contributed by atoms with Crippen LogP contribution in [0.1, 0.15) is 54.4 Å². The second kappa shape index (κ2) is 53.2. The summed E-state index contributed by atoms with van der Waals surface area (Å²) >= 11 is 8.38. The van der Waals surface area contributed by atoms with Crippen molar-refractivity contribution in [1.82, 2.24) is 0 Å². The predicted molar refractivity (Wildman–Crippen MR) is 179 cm³/mol. The summed E-state index contributed by atoms with van der Waals surface area (Å²) in [5.74, 6) is 1.70. The minimum Gasteiger partial charge on any atom is -2.00 e. The normalized spacial score (nSPS) is 9.08. The molecule has 0 aromatic heterocycles. The number of hydrogen-bond acceptors (Lipinski definition) is 8. The van der Waals surface area contributed by atoms with Crippen molar-refractivity contribution in [3.05, 3.63) is 0 Å². The van der Waals surface area contributed by atoms with Crippen LogP contribution in [0.4, 0.5) is 0 Å². The molecule has 0 saturated carbocycles. The van der Waals surface area contributed by atoms with Gasteiger partial charge in [0.2, 0.25) is 0 Å². The average Bonchev–Trinajstić information content (AvgIpc) is 2.67. The number of hydrogen-bond donors (Lipinski definition) is 2. The van der Waals surface area contributed by atoms with Crippen LogP contribution in [-0.2, 0) is 162 Å². The second-order valence-electron chi connectivity index (χ2n) is 5.62. The molecule has 19 heteroatoms. The van der Waals surface area contributed by atoms with Crippen molar-refractivity contribution in [3.63, 3.8) is 0 Å². The van der Waals surface area contributed by atoms with E-state index in [4.69, 9.17) is 26.6 Å². The Hall–Kier alpha value is 4.67. The monoisotopic (exact) mass is 1070 g/mol. The Morgan fingerprint density at radius 3 is 0.676 bits per heavy atom. The maximum Gasteiger partial charge on any atom is 0.500 e. The fourth-order valence-electron chi connectivity index (χ4n) is 2.59. The first kappa shape index (κ1) is 73.3. The zero-order valence-corrected chi connectivity index (χ0v) is 37.4. The van der Waals surface area contributed by atoms with Gasteiger partial charge >= 0.3 is 17.6 Å². The molecule has 0 aliphatic carbocycles. The summed E-state index contributed by atoms with van der Waals surface area (Å²) in [6, 6.07) is 1.73. The van der Waals surface area contributed by atoms with Gasteiger partial charge in [0.1, 0.15) is 0 Å². The Bertz CT molecular complexity index is 296. The molecule has 0 aliphatic heterocycles. The number of rotatable bonds is 18. The minimum absolute atomic E-state index is 0. The third kappa shape index (κ3) is 40.7. The van der Waals surface area contributed by atoms with Gasteiger partial charge in [-0.15, -0.1) is 0 Å². The van der Waals surface area contributed by atoms with Gasteiger partial charge in [-0.3, -0.25) is 0 Å². The van der Waals surface area contributed by atoms with Crippen LogP contribution in [0.25, 0.3) is 0 Å². The molecule has 0 aromatic carbocycles. The summed E-state index contributed by atoms with van der Waals surface area (Å²) in [6.45, 7) is 15.7. The predicted octanol–water partition coefficient (Wildman–Crippen LogP) is 4.69. The Morgan fingerprint density at radius 1 is 0.405 bits per heavy atom. The maximum absolute atomic E-state index is 5.67. The molecule has 2 radical (unpaired) electrons. The van der Waals surface area contributed by atoms with Crippen molar-refractivity contribution in [1.29, 1.82) is 0 Å². The summed E-state index contributed by atoms with van der Waals surface area (Å²) < 4.78 is 34.0. The minimum atomic E-state index is -2.37. The van der Waals surface area contributed by atoms with E-state index in [0.717, 1.165) is 36.4 Å². The molecular weight excluding hydrogens is 1030 g/mol. The van der Waals surface area contributed by atoms with Gasteiger partial charge in [-0.2, -0.15) is 25.3 Å². The van der Waals surface area contributed by atoms with E-state index in [0.29, 0.717) is 39.6 Å². The van der Waals surface area contributed by atoms with Crippen molar-refractivity contribution < 1.29 is 67.4 Å². The summed E-state index contributed by atoms with van der Waals surface area (Å²) in [5.41, 5.74) is 0. The first-order chi connectivity index (χ1) is 13.5. The fourth-order valence-corrected chi connectivity index (χ4v) is 8.73. The van der Waals surface area contributed by atoms with Gasteiger partial charge in [0, 0.05) is 92.6 Å². The molecule has 0 bridgehead atoms. The van der Waals surface area contributed by atoms with E-state index in [-0.39, 0.29) is 135 Å². The van der Waals surface area contributed by atoms with Crippen molar-refractivity contribution in [2.75, 3.05) is 51.1 Å². The largest absolute Gasteiger partial charge is 2.00 e. The average molecular weight is 1070 g/mol. The molecule has 0 spiro atoms. The van der Waals surface area contributed by atoms with E-state index in [2.05, 4.69) is 25.3 Å². The van der Waals surface area contributed by atoms with Crippen LogP contribution in [0, 0.1) is 0 Å². The molecule has 0 N–H and O–H groups in total. The quantitative estimate of drug-likeness (QED) is 0.154. The standard InChI is InChI=1S/2C9H22O3SSi.2Re.7S/c2*1-4-10-14(11-5-2,12-6-3)9-7-8-13;;;;;;;;;/h2*13H,4-9H2,1-3H3;;;;;;;;;/q;;;;7*-2. The molecule has 0 fully saturated rings. The Labute approximate surface area is 318 Å². The van der Waals surface area contributed by atoms with E-state index in [1.54, 1.807) is 0 Å². The van der Waals surface area contributed by atoms with E-state index < -0.39 is 17.6 Å². The summed E-state index contributed by atoms with van der Waals surface area (Å²) in [6.07, 6.45) is 1.96. The van der Waals surface area contributed by atoms with Crippen molar-refractivity contribution in [2.24, 2.45) is 0 Å². The third-order valence-corrected chi connectivity index (χ3v) is 10.4. The summed E-state index contributed by atoms with van der Waals surface area (Å²) in [5, 5.41) is 0. The van der Waals surface area contributed by atoms with E-state index in [9.17, 15) is 0 Å². The van der Waals surface area contributed by atoms with Crippen LogP contribution in [0.3, 0.4) is 0 Å². The molecule has 37 heavy (non-hydrogen) atoms. The molecule has 0 unspecified atom stereocenters. The molecule has 0 aromatic rings. The second-order valence-corrected chi connectivity index (χ2v) is 12.0. The van der Waals surface area contributed by atoms with Crippen LogP contribution in [-0.4, -0.2) is 68.8 Å². The topological polar surface area (TPSA) is 55.4 Å². The molecule has 6 nitrogen and oxygen atoms in total. The fraction of sp³-hybridized carbons (Fsp3) is 1.00. The molecule has 0 rings (SSSR count). The molecule has 0 atom stereocenters. The van der Waals surface area contributed by atoms with Gasteiger partial charge in [-0.1, -0.05) is 0 Å². The first-order valence-corrected chi connectivity index (χ1v) is 15.7. The molecular formula is C18H44O6Re2S9Si2-14. The zero-order valence-electron chi connectivity index (χ0n) is 22.4. The van der Waals surface area contributed by atoms with Gasteiger partial charge < -0.3 is 121 Å². The van der Waals surface area contributed by atoms with Crippen molar-refractivity contribution in [3.8, 4) is 0 Å². The van der Waals surface area contributed by atoms with Gasteiger partial charge in [0.25, 0.3) is 0 Å². The molecule has 0 amide bonds. The Kier molecular flexibility index (Phi) is 105. The summed E-state index contributed by atoms with van der Waals surface area (Å²) in [4.78, 5) is 0. The Balaban J connectivity index is -0.0000000327. The van der Waals surface area contributed by atoms with Crippen LogP contribution in [0.15, 0.2) is 0 Å². The molecule has 0 aliphatic rings. The Morgan fingerprint density at radius 2 is 0.568 bits per heavy atom.